The van der Waals surface area contributed by atoms with Crippen LogP contribution in [0.25, 0.3) is 6.08 Å². The van der Waals surface area contributed by atoms with Crippen LogP contribution in [0.2, 0.25) is 0 Å². The third-order valence-corrected chi connectivity index (χ3v) is 5.95. The molecule has 0 fully saturated rings. The standard InChI is InChI=1S/C22H22N4O4S/c1-5-30-21(28)18-13(2)24-22-26(19(18)15-6-8-16(29-4)9-7-15)20(27)17(31-22)10-14-11-23-25(3)12-14/h6-12,19H,5H2,1-4H3/b17-10-/t19-/m0/s1. The number of ether oxygens (including phenoxy) is 2. The second kappa shape index (κ2) is 8.35. The summed E-state index contributed by atoms with van der Waals surface area (Å²) >= 11 is 1.28. The van der Waals surface area contributed by atoms with Crippen LogP contribution in [0.15, 0.2) is 57.7 Å². The van der Waals surface area contributed by atoms with Crippen LogP contribution in [-0.4, -0.2) is 34.0 Å². The summed E-state index contributed by atoms with van der Waals surface area (Å²) in [6, 6.07) is 6.66. The highest BCUT2D eigenvalue weighted by molar-refractivity contribution is 7.07. The normalized spacial score (nSPS) is 16.1. The van der Waals surface area contributed by atoms with Crippen molar-refractivity contribution >= 4 is 23.4 Å². The first kappa shape index (κ1) is 20.8. The highest BCUT2D eigenvalue weighted by Gasteiger charge is 2.33. The van der Waals surface area contributed by atoms with Gasteiger partial charge >= 0.3 is 5.97 Å². The largest absolute Gasteiger partial charge is 0.497 e. The Morgan fingerprint density at radius 1 is 1.29 bits per heavy atom. The number of aromatic nitrogens is 3. The van der Waals surface area contributed by atoms with E-state index in [4.69, 9.17) is 9.47 Å². The van der Waals surface area contributed by atoms with Crippen molar-refractivity contribution in [1.82, 2.24) is 14.3 Å². The SMILES string of the molecule is CCOC(=O)C1=C(C)N=c2s/c(=C\c3cnn(C)c3)c(=O)n2[C@H]1c1ccc(OC)cc1. The predicted octanol–water partition coefficient (Wildman–Crippen LogP) is 1.54. The molecule has 0 N–H and O–H groups in total. The fourth-order valence-corrected chi connectivity index (χ4v) is 4.61. The first-order valence-corrected chi connectivity index (χ1v) is 10.6. The van der Waals surface area contributed by atoms with Crippen molar-refractivity contribution in [2.24, 2.45) is 12.0 Å². The molecule has 1 atom stereocenters. The highest BCUT2D eigenvalue weighted by atomic mass is 32.1. The maximum atomic E-state index is 13.4. The van der Waals surface area contributed by atoms with E-state index in [9.17, 15) is 9.59 Å². The van der Waals surface area contributed by atoms with Crippen LogP contribution in [0.4, 0.5) is 0 Å². The van der Waals surface area contributed by atoms with Gasteiger partial charge in [-0.05, 0) is 37.6 Å². The lowest BCUT2D eigenvalue weighted by Gasteiger charge is -2.24. The van der Waals surface area contributed by atoms with Gasteiger partial charge in [-0.25, -0.2) is 9.79 Å². The summed E-state index contributed by atoms with van der Waals surface area (Å²) in [5.74, 6) is 0.206. The quantitative estimate of drug-likeness (QED) is 0.564. The number of thiazole rings is 1. The van der Waals surface area contributed by atoms with Crippen molar-refractivity contribution in [3.8, 4) is 5.75 Å². The molecular formula is C22H22N4O4S. The molecule has 8 nitrogen and oxygen atoms in total. The molecule has 1 aliphatic heterocycles. The molecule has 0 amide bonds. The lowest BCUT2D eigenvalue weighted by molar-refractivity contribution is -0.139. The van der Waals surface area contributed by atoms with Gasteiger partial charge in [0.15, 0.2) is 4.80 Å². The molecule has 0 aliphatic carbocycles. The van der Waals surface area contributed by atoms with Gasteiger partial charge in [-0.1, -0.05) is 23.5 Å². The maximum absolute atomic E-state index is 13.4. The molecule has 3 aromatic rings. The molecule has 0 radical (unpaired) electrons. The van der Waals surface area contributed by atoms with Gasteiger partial charge in [0, 0.05) is 18.8 Å². The number of aryl methyl sites for hydroxylation is 1. The smallest absolute Gasteiger partial charge is 0.338 e. The topological polar surface area (TPSA) is 87.7 Å². The van der Waals surface area contributed by atoms with Crippen LogP contribution in [0, 0.1) is 0 Å². The first-order chi connectivity index (χ1) is 14.9. The Bertz CT molecular complexity index is 1350. The molecule has 4 rings (SSSR count). The molecule has 2 aromatic heterocycles. The highest BCUT2D eigenvalue weighted by Crippen LogP contribution is 2.31. The molecule has 0 saturated heterocycles. The van der Waals surface area contributed by atoms with Crippen molar-refractivity contribution < 1.29 is 14.3 Å². The van der Waals surface area contributed by atoms with E-state index in [1.807, 2.05) is 25.4 Å². The van der Waals surface area contributed by atoms with E-state index < -0.39 is 12.0 Å². The first-order valence-electron chi connectivity index (χ1n) is 9.75. The number of esters is 1. The van der Waals surface area contributed by atoms with Gasteiger partial charge in [0.05, 0.1) is 41.8 Å². The molecule has 0 saturated carbocycles. The van der Waals surface area contributed by atoms with E-state index in [1.165, 1.54) is 11.3 Å². The summed E-state index contributed by atoms with van der Waals surface area (Å²) in [4.78, 5) is 31.4. The lowest BCUT2D eigenvalue weighted by atomic mass is 9.96. The molecule has 9 heteroatoms. The summed E-state index contributed by atoms with van der Waals surface area (Å²) in [5, 5.41) is 4.15. The van der Waals surface area contributed by atoms with Crippen LogP contribution in [0.1, 0.15) is 31.0 Å². The second-order valence-electron chi connectivity index (χ2n) is 7.02. The molecule has 3 heterocycles. The summed E-state index contributed by atoms with van der Waals surface area (Å²) in [7, 11) is 3.40. The van der Waals surface area contributed by atoms with Crippen molar-refractivity contribution in [3.63, 3.8) is 0 Å². The van der Waals surface area contributed by atoms with Crippen LogP contribution < -0.4 is 19.6 Å². The number of carbonyl (C=O) groups excluding carboxylic acids is 1. The number of rotatable bonds is 5. The fraction of sp³-hybridized carbons (Fsp3) is 0.273. The monoisotopic (exact) mass is 438 g/mol. The number of hydrogen-bond acceptors (Lipinski definition) is 7. The van der Waals surface area contributed by atoms with E-state index in [0.29, 0.717) is 26.4 Å². The number of methoxy groups -OCH3 is 1. The third-order valence-electron chi connectivity index (χ3n) is 4.97. The Kier molecular flexibility index (Phi) is 5.60. The molecular weight excluding hydrogens is 416 g/mol. The maximum Gasteiger partial charge on any atom is 0.338 e. The third kappa shape index (κ3) is 3.84. The Morgan fingerprint density at radius 3 is 2.65 bits per heavy atom. The van der Waals surface area contributed by atoms with E-state index in [2.05, 4.69) is 10.1 Å². The minimum atomic E-state index is -0.641. The van der Waals surface area contributed by atoms with Crippen molar-refractivity contribution in [1.29, 1.82) is 0 Å². The Hall–Kier alpha value is -3.46. The summed E-state index contributed by atoms with van der Waals surface area (Å²) in [6.07, 6.45) is 5.30. The number of hydrogen-bond donors (Lipinski definition) is 0. The predicted molar refractivity (Wildman–Crippen MR) is 117 cm³/mol. The summed E-state index contributed by atoms with van der Waals surface area (Å²) in [5.41, 5.74) is 2.26. The molecule has 31 heavy (non-hydrogen) atoms. The van der Waals surface area contributed by atoms with Crippen LogP contribution >= 0.6 is 11.3 Å². The summed E-state index contributed by atoms with van der Waals surface area (Å²) < 4.78 is 14.3. The van der Waals surface area contributed by atoms with Gasteiger partial charge < -0.3 is 9.47 Å². The van der Waals surface area contributed by atoms with Crippen molar-refractivity contribution in [2.75, 3.05) is 13.7 Å². The van der Waals surface area contributed by atoms with Crippen LogP contribution in [0.3, 0.4) is 0 Å². The zero-order chi connectivity index (χ0) is 22.1. The second-order valence-corrected chi connectivity index (χ2v) is 8.03. The van der Waals surface area contributed by atoms with Crippen molar-refractivity contribution in [3.05, 3.63) is 78.7 Å². The van der Waals surface area contributed by atoms with Gasteiger partial charge in [-0.2, -0.15) is 5.10 Å². The average Bonchev–Trinajstić information content (AvgIpc) is 3.30. The minimum absolute atomic E-state index is 0.220. The molecule has 1 aromatic carbocycles. The van der Waals surface area contributed by atoms with E-state index >= 15 is 0 Å². The number of fused-ring (bicyclic) bond motifs is 1. The van der Waals surface area contributed by atoms with Gasteiger partial charge in [-0.3, -0.25) is 14.0 Å². The van der Waals surface area contributed by atoms with E-state index in [-0.39, 0.29) is 12.2 Å². The van der Waals surface area contributed by atoms with Crippen LogP contribution in [-0.2, 0) is 16.6 Å². The minimum Gasteiger partial charge on any atom is -0.497 e. The Balaban J connectivity index is 1.94. The fourth-order valence-electron chi connectivity index (χ4n) is 3.56. The van der Waals surface area contributed by atoms with Crippen LogP contribution in [0.5, 0.6) is 5.75 Å². The number of nitrogens with zero attached hydrogens (tertiary/aromatic N) is 4. The Morgan fingerprint density at radius 2 is 2.03 bits per heavy atom. The molecule has 1 aliphatic rings. The van der Waals surface area contributed by atoms with Gasteiger partial charge in [0.25, 0.3) is 5.56 Å². The zero-order valence-corrected chi connectivity index (χ0v) is 18.5. The number of benzene rings is 1. The van der Waals surface area contributed by atoms with Gasteiger partial charge in [0.1, 0.15) is 5.75 Å². The average molecular weight is 439 g/mol. The number of carbonyl (C=O) groups is 1. The zero-order valence-electron chi connectivity index (χ0n) is 17.7. The summed E-state index contributed by atoms with van der Waals surface area (Å²) in [6.45, 7) is 3.75. The molecule has 0 spiro atoms. The Labute approximate surface area is 182 Å². The number of allylic oxidation sites excluding steroid dienone is 1. The van der Waals surface area contributed by atoms with Gasteiger partial charge in [-0.15, -0.1) is 0 Å². The molecule has 0 bridgehead atoms. The van der Waals surface area contributed by atoms with E-state index in [1.54, 1.807) is 54.6 Å². The van der Waals surface area contributed by atoms with Gasteiger partial charge in [0.2, 0.25) is 0 Å². The van der Waals surface area contributed by atoms with E-state index in [0.717, 1.165) is 11.1 Å². The molecule has 0 unspecified atom stereocenters. The molecule has 160 valence electrons. The van der Waals surface area contributed by atoms with Crippen molar-refractivity contribution in [2.45, 2.75) is 19.9 Å². The lowest BCUT2D eigenvalue weighted by Crippen LogP contribution is -2.39.